The molecule has 0 aliphatic heterocycles. The zero-order chi connectivity index (χ0) is 15.5. The Labute approximate surface area is 134 Å². The summed E-state index contributed by atoms with van der Waals surface area (Å²) in [5.74, 6) is 0.501. The lowest BCUT2D eigenvalue weighted by Gasteiger charge is -2.22. The van der Waals surface area contributed by atoms with Crippen molar-refractivity contribution < 1.29 is 0 Å². The Hall–Kier alpha value is -1.86. The van der Waals surface area contributed by atoms with Gasteiger partial charge in [0.2, 0.25) is 0 Å². The lowest BCUT2D eigenvalue weighted by atomic mass is 9.83. The fourth-order valence-corrected chi connectivity index (χ4v) is 3.48. The van der Waals surface area contributed by atoms with Crippen LogP contribution in [0.2, 0.25) is 0 Å². The molecule has 1 unspecified atom stereocenters. The van der Waals surface area contributed by atoms with Gasteiger partial charge in [0.1, 0.15) is 0 Å². The van der Waals surface area contributed by atoms with Crippen LogP contribution in [-0.4, -0.2) is 25.5 Å². The number of hydrogen-bond donors (Lipinski definition) is 0. The quantitative estimate of drug-likeness (QED) is 0.770. The highest BCUT2D eigenvalue weighted by Gasteiger charge is 2.21. The SMILES string of the molecule is Cc1cccc2c1C=Cc1ccccc1C2CCCN(C)C. The molecule has 0 aromatic heterocycles. The van der Waals surface area contributed by atoms with E-state index >= 15 is 0 Å². The summed E-state index contributed by atoms with van der Waals surface area (Å²) in [6.45, 7) is 3.36. The average Bonchev–Trinajstić information content (AvgIpc) is 2.66. The van der Waals surface area contributed by atoms with Gasteiger partial charge in [-0.15, -0.1) is 0 Å². The van der Waals surface area contributed by atoms with Gasteiger partial charge in [-0.25, -0.2) is 0 Å². The van der Waals surface area contributed by atoms with Gasteiger partial charge in [0.05, 0.1) is 0 Å². The molecule has 114 valence electrons. The van der Waals surface area contributed by atoms with Gasteiger partial charge in [0.25, 0.3) is 0 Å². The zero-order valence-electron chi connectivity index (χ0n) is 13.8. The van der Waals surface area contributed by atoms with E-state index in [0.29, 0.717) is 5.92 Å². The van der Waals surface area contributed by atoms with Crippen LogP contribution in [0.4, 0.5) is 0 Å². The Bertz CT molecular complexity index is 682. The Morgan fingerprint density at radius 2 is 1.68 bits per heavy atom. The van der Waals surface area contributed by atoms with Gasteiger partial charge >= 0.3 is 0 Å². The number of nitrogens with zero attached hydrogens (tertiary/aromatic N) is 1. The van der Waals surface area contributed by atoms with Gasteiger partial charge in [0, 0.05) is 5.92 Å². The lowest BCUT2D eigenvalue weighted by molar-refractivity contribution is 0.389. The predicted molar refractivity (Wildman–Crippen MR) is 96.2 cm³/mol. The van der Waals surface area contributed by atoms with E-state index in [2.05, 4.69) is 80.5 Å². The summed E-state index contributed by atoms with van der Waals surface area (Å²) in [4.78, 5) is 2.28. The van der Waals surface area contributed by atoms with Crippen LogP contribution < -0.4 is 0 Å². The molecule has 0 saturated carbocycles. The first kappa shape index (κ1) is 15.1. The van der Waals surface area contributed by atoms with Crippen molar-refractivity contribution in [3.63, 3.8) is 0 Å². The third-order valence-corrected chi connectivity index (χ3v) is 4.63. The van der Waals surface area contributed by atoms with Gasteiger partial charge in [0.15, 0.2) is 0 Å². The third kappa shape index (κ3) is 3.00. The van der Waals surface area contributed by atoms with Crippen LogP contribution in [0.1, 0.15) is 46.6 Å². The van der Waals surface area contributed by atoms with Crippen molar-refractivity contribution >= 4 is 12.2 Å². The summed E-state index contributed by atoms with van der Waals surface area (Å²) in [6.07, 6.45) is 7.01. The van der Waals surface area contributed by atoms with Crippen LogP contribution in [0.15, 0.2) is 42.5 Å². The van der Waals surface area contributed by atoms with Crippen molar-refractivity contribution in [1.29, 1.82) is 0 Å². The van der Waals surface area contributed by atoms with Crippen LogP contribution >= 0.6 is 0 Å². The van der Waals surface area contributed by atoms with E-state index in [-0.39, 0.29) is 0 Å². The maximum Gasteiger partial charge on any atom is 0.0102 e. The second kappa shape index (κ2) is 6.50. The molecule has 0 N–H and O–H groups in total. The first-order valence-electron chi connectivity index (χ1n) is 8.18. The molecule has 22 heavy (non-hydrogen) atoms. The second-order valence-corrected chi connectivity index (χ2v) is 6.54. The van der Waals surface area contributed by atoms with Gasteiger partial charge < -0.3 is 4.90 Å². The molecule has 2 aromatic carbocycles. The first-order valence-corrected chi connectivity index (χ1v) is 8.18. The molecule has 1 nitrogen and oxygen atoms in total. The van der Waals surface area contributed by atoms with Gasteiger partial charge in [-0.05, 0) is 68.2 Å². The highest BCUT2D eigenvalue weighted by atomic mass is 15.0. The molecule has 0 fully saturated rings. The Balaban J connectivity index is 2.03. The normalized spacial score (nSPS) is 16.3. The zero-order valence-corrected chi connectivity index (χ0v) is 13.8. The third-order valence-electron chi connectivity index (χ3n) is 4.63. The van der Waals surface area contributed by atoms with E-state index in [9.17, 15) is 0 Å². The minimum atomic E-state index is 0.501. The van der Waals surface area contributed by atoms with Gasteiger partial charge in [-0.3, -0.25) is 0 Å². The van der Waals surface area contributed by atoms with Crippen molar-refractivity contribution in [2.45, 2.75) is 25.7 Å². The minimum absolute atomic E-state index is 0.501. The minimum Gasteiger partial charge on any atom is -0.309 e. The molecule has 0 spiro atoms. The molecular weight excluding hydrogens is 266 g/mol. The van der Waals surface area contributed by atoms with E-state index in [1.54, 1.807) is 0 Å². The molecule has 1 heteroatoms. The summed E-state index contributed by atoms with van der Waals surface area (Å²) >= 11 is 0. The fourth-order valence-electron chi connectivity index (χ4n) is 3.48. The maximum atomic E-state index is 2.31. The summed E-state index contributed by atoms with van der Waals surface area (Å²) in [7, 11) is 4.31. The van der Waals surface area contributed by atoms with Crippen molar-refractivity contribution in [2.75, 3.05) is 20.6 Å². The Kier molecular flexibility index (Phi) is 4.44. The van der Waals surface area contributed by atoms with Crippen molar-refractivity contribution in [3.05, 3.63) is 70.3 Å². The average molecular weight is 291 g/mol. The Morgan fingerprint density at radius 1 is 0.909 bits per heavy atom. The van der Waals surface area contributed by atoms with Crippen LogP contribution in [0.25, 0.3) is 12.2 Å². The van der Waals surface area contributed by atoms with Gasteiger partial charge in [-0.2, -0.15) is 0 Å². The van der Waals surface area contributed by atoms with E-state index < -0.39 is 0 Å². The molecule has 0 heterocycles. The van der Waals surface area contributed by atoms with Crippen molar-refractivity contribution in [3.8, 4) is 0 Å². The summed E-state index contributed by atoms with van der Waals surface area (Å²) in [6, 6.07) is 15.6. The number of rotatable bonds is 4. The van der Waals surface area contributed by atoms with Crippen LogP contribution in [0.3, 0.4) is 0 Å². The molecule has 0 radical (unpaired) electrons. The van der Waals surface area contributed by atoms with E-state index in [0.717, 1.165) is 6.54 Å². The molecule has 1 aliphatic rings. The summed E-state index contributed by atoms with van der Waals surface area (Å²) < 4.78 is 0. The number of aryl methyl sites for hydroxylation is 1. The van der Waals surface area contributed by atoms with Gasteiger partial charge in [-0.1, -0.05) is 54.6 Å². The summed E-state index contributed by atoms with van der Waals surface area (Å²) in [5, 5.41) is 0. The fraction of sp³-hybridized carbons (Fsp3) is 0.333. The highest BCUT2D eigenvalue weighted by Crippen LogP contribution is 2.38. The molecule has 3 rings (SSSR count). The topological polar surface area (TPSA) is 3.24 Å². The van der Waals surface area contributed by atoms with E-state index in [4.69, 9.17) is 0 Å². The van der Waals surface area contributed by atoms with Crippen molar-refractivity contribution in [2.24, 2.45) is 0 Å². The molecule has 0 amide bonds. The number of fused-ring (bicyclic) bond motifs is 2. The second-order valence-electron chi connectivity index (χ2n) is 6.54. The molecule has 1 atom stereocenters. The van der Waals surface area contributed by atoms with Crippen LogP contribution in [0.5, 0.6) is 0 Å². The largest absolute Gasteiger partial charge is 0.309 e. The monoisotopic (exact) mass is 291 g/mol. The van der Waals surface area contributed by atoms with E-state index in [1.807, 2.05) is 0 Å². The highest BCUT2D eigenvalue weighted by molar-refractivity contribution is 5.77. The molecular formula is C21H25N. The molecule has 2 aromatic rings. The van der Waals surface area contributed by atoms with Crippen molar-refractivity contribution in [1.82, 2.24) is 4.90 Å². The standard InChI is InChI=1S/C21H25N/c1-16-8-6-11-20-18(16)14-13-17-9-4-5-10-19(17)21(20)12-7-15-22(2)3/h4-6,8-11,13-14,21H,7,12,15H2,1-3H3. The lowest BCUT2D eigenvalue weighted by Crippen LogP contribution is -2.14. The molecule has 0 saturated heterocycles. The van der Waals surface area contributed by atoms with Crippen LogP contribution in [0, 0.1) is 6.92 Å². The maximum absolute atomic E-state index is 2.31. The molecule has 1 aliphatic carbocycles. The van der Waals surface area contributed by atoms with Crippen LogP contribution in [-0.2, 0) is 0 Å². The smallest absolute Gasteiger partial charge is 0.0102 e. The van der Waals surface area contributed by atoms with E-state index in [1.165, 1.54) is 40.7 Å². The molecule has 0 bridgehead atoms. The number of hydrogen-bond acceptors (Lipinski definition) is 1. The first-order chi connectivity index (χ1) is 10.7. The number of benzene rings is 2. The predicted octanol–water partition coefficient (Wildman–Crippen LogP) is 4.95. The summed E-state index contributed by atoms with van der Waals surface area (Å²) in [5.41, 5.74) is 7.11. The Morgan fingerprint density at radius 3 is 2.50 bits per heavy atom.